The number of carboxylic acids is 1. The van der Waals surface area contributed by atoms with Crippen molar-refractivity contribution in [1.82, 2.24) is 0 Å². The van der Waals surface area contributed by atoms with Gasteiger partial charge in [-0.2, -0.15) is 0 Å². The van der Waals surface area contributed by atoms with Gasteiger partial charge in [0.15, 0.2) is 6.10 Å². The first kappa shape index (κ1) is 15.7. The van der Waals surface area contributed by atoms with Crippen LogP contribution < -0.4 is 0 Å². The number of carboxylic acid groups (broad SMARTS) is 1. The summed E-state index contributed by atoms with van der Waals surface area (Å²) in [5, 5.41) is 19.0. The molecule has 0 heterocycles. The van der Waals surface area contributed by atoms with Crippen molar-refractivity contribution in [3.8, 4) is 0 Å². The van der Waals surface area contributed by atoms with Gasteiger partial charge in [0.2, 0.25) is 0 Å². The molecular formula is C16H24O3. The number of carbonyl (C=O) groups is 1. The molecule has 1 unspecified atom stereocenters. The van der Waals surface area contributed by atoms with E-state index in [0.717, 1.165) is 11.1 Å². The molecule has 3 heteroatoms. The quantitative estimate of drug-likeness (QED) is 0.860. The molecule has 106 valence electrons. The standard InChI is InChI=1S/C16H24O3/c1-15(2,3)11-9-7-8-10(13(17)14(18)19)12(11)16(4,5)6/h7-9,13,17H,1-6H3,(H,18,19). The highest BCUT2D eigenvalue weighted by Gasteiger charge is 2.31. The predicted molar refractivity (Wildman–Crippen MR) is 76.4 cm³/mol. The second kappa shape index (κ2) is 4.97. The molecule has 0 bridgehead atoms. The van der Waals surface area contributed by atoms with Gasteiger partial charge in [-0.1, -0.05) is 59.7 Å². The van der Waals surface area contributed by atoms with Crippen LogP contribution in [0.3, 0.4) is 0 Å². The van der Waals surface area contributed by atoms with Crippen LogP contribution in [0, 0.1) is 0 Å². The molecule has 0 radical (unpaired) electrons. The molecule has 0 aliphatic heterocycles. The van der Waals surface area contributed by atoms with Crippen LogP contribution in [0.2, 0.25) is 0 Å². The zero-order valence-corrected chi connectivity index (χ0v) is 12.6. The SMILES string of the molecule is CC(C)(C)c1cccc(C(O)C(=O)O)c1C(C)(C)C. The molecule has 3 nitrogen and oxygen atoms in total. The Hall–Kier alpha value is -1.35. The Labute approximate surface area is 115 Å². The van der Waals surface area contributed by atoms with E-state index in [0.29, 0.717) is 5.56 Å². The second-order valence-electron chi connectivity index (χ2n) is 7.01. The zero-order valence-electron chi connectivity index (χ0n) is 12.6. The fraction of sp³-hybridized carbons (Fsp3) is 0.562. The van der Waals surface area contributed by atoms with E-state index in [4.69, 9.17) is 5.11 Å². The van der Waals surface area contributed by atoms with Crippen LogP contribution in [-0.2, 0) is 15.6 Å². The summed E-state index contributed by atoms with van der Waals surface area (Å²) in [6.45, 7) is 12.4. The van der Waals surface area contributed by atoms with Crippen LogP contribution in [0.1, 0.15) is 64.3 Å². The predicted octanol–water partition coefficient (Wildman–Crippen LogP) is 3.40. The van der Waals surface area contributed by atoms with Crippen LogP contribution in [0.4, 0.5) is 0 Å². The van der Waals surface area contributed by atoms with E-state index >= 15 is 0 Å². The van der Waals surface area contributed by atoms with E-state index in [9.17, 15) is 9.90 Å². The summed E-state index contributed by atoms with van der Waals surface area (Å²) in [6.07, 6.45) is -1.48. The summed E-state index contributed by atoms with van der Waals surface area (Å²) in [5.41, 5.74) is 2.18. The van der Waals surface area contributed by atoms with Crippen LogP contribution in [0.5, 0.6) is 0 Å². The molecule has 2 N–H and O–H groups in total. The highest BCUT2D eigenvalue weighted by atomic mass is 16.4. The summed E-state index contributed by atoms with van der Waals surface area (Å²) in [5.74, 6) is -1.21. The van der Waals surface area contributed by atoms with Crippen LogP contribution >= 0.6 is 0 Å². The summed E-state index contributed by atoms with van der Waals surface area (Å²) in [4.78, 5) is 11.1. The van der Waals surface area contributed by atoms with Crippen LogP contribution in [0.25, 0.3) is 0 Å². The van der Waals surface area contributed by atoms with Crippen LogP contribution in [-0.4, -0.2) is 16.2 Å². The largest absolute Gasteiger partial charge is 0.479 e. The fourth-order valence-electron chi connectivity index (χ4n) is 2.39. The molecule has 0 amide bonds. The third-order valence-electron chi connectivity index (χ3n) is 3.18. The summed E-state index contributed by atoms with van der Waals surface area (Å²) in [6, 6.07) is 5.53. The molecular weight excluding hydrogens is 240 g/mol. The first-order valence-electron chi connectivity index (χ1n) is 6.51. The Bertz CT molecular complexity index is 476. The molecule has 1 rings (SSSR count). The van der Waals surface area contributed by atoms with Gasteiger partial charge >= 0.3 is 5.97 Å². The van der Waals surface area contributed by atoms with Crippen molar-refractivity contribution in [3.05, 3.63) is 34.9 Å². The molecule has 0 spiro atoms. The highest BCUT2D eigenvalue weighted by molar-refractivity contribution is 5.75. The number of aliphatic carboxylic acids is 1. The third-order valence-corrected chi connectivity index (χ3v) is 3.18. The Morgan fingerprint density at radius 3 is 1.95 bits per heavy atom. The molecule has 1 aromatic carbocycles. The Morgan fingerprint density at radius 1 is 1.05 bits per heavy atom. The average molecular weight is 264 g/mol. The van der Waals surface area contributed by atoms with Crippen molar-refractivity contribution in [2.75, 3.05) is 0 Å². The lowest BCUT2D eigenvalue weighted by Crippen LogP contribution is -2.26. The highest BCUT2D eigenvalue weighted by Crippen LogP contribution is 2.38. The molecule has 0 fully saturated rings. The van der Waals surface area contributed by atoms with Crippen LogP contribution in [0.15, 0.2) is 18.2 Å². The van der Waals surface area contributed by atoms with Crippen molar-refractivity contribution < 1.29 is 15.0 Å². The maximum atomic E-state index is 11.1. The lowest BCUT2D eigenvalue weighted by Gasteiger charge is -2.33. The van der Waals surface area contributed by atoms with E-state index in [1.165, 1.54) is 0 Å². The van der Waals surface area contributed by atoms with Gasteiger partial charge in [-0.3, -0.25) is 0 Å². The van der Waals surface area contributed by atoms with Crippen molar-refractivity contribution in [2.45, 2.75) is 58.5 Å². The molecule has 0 aliphatic carbocycles. The van der Waals surface area contributed by atoms with Gasteiger partial charge in [0.25, 0.3) is 0 Å². The molecule has 1 aromatic rings. The molecule has 0 saturated heterocycles. The van der Waals surface area contributed by atoms with Gasteiger partial charge in [-0.25, -0.2) is 4.79 Å². The Morgan fingerprint density at radius 2 is 1.58 bits per heavy atom. The maximum absolute atomic E-state index is 11.1. The molecule has 0 saturated carbocycles. The number of aliphatic hydroxyl groups excluding tert-OH is 1. The summed E-state index contributed by atoms with van der Waals surface area (Å²) in [7, 11) is 0. The van der Waals surface area contributed by atoms with E-state index in [-0.39, 0.29) is 10.8 Å². The van der Waals surface area contributed by atoms with Crippen molar-refractivity contribution in [2.24, 2.45) is 0 Å². The van der Waals surface area contributed by atoms with Gasteiger partial charge in [0.05, 0.1) is 0 Å². The average Bonchev–Trinajstić information content (AvgIpc) is 2.24. The first-order chi connectivity index (χ1) is 8.46. The zero-order chi connectivity index (χ0) is 15.0. The lowest BCUT2D eigenvalue weighted by molar-refractivity contribution is -0.147. The van der Waals surface area contributed by atoms with E-state index in [1.54, 1.807) is 6.07 Å². The molecule has 0 aliphatic rings. The Kier molecular flexibility index (Phi) is 4.11. The number of aliphatic hydroxyl groups is 1. The van der Waals surface area contributed by atoms with Gasteiger partial charge < -0.3 is 10.2 Å². The monoisotopic (exact) mass is 264 g/mol. The number of benzene rings is 1. The normalized spacial score (nSPS) is 14.3. The second-order valence-corrected chi connectivity index (χ2v) is 7.01. The van der Waals surface area contributed by atoms with Gasteiger partial charge in [0.1, 0.15) is 0 Å². The fourth-order valence-corrected chi connectivity index (χ4v) is 2.39. The van der Waals surface area contributed by atoms with Gasteiger partial charge in [-0.05, 0) is 27.5 Å². The number of hydrogen-bond acceptors (Lipinski definition) is 2. The number of hydrogen-bond donors (Lipinski definition) is 2. The first-order valence-corrected chi connectivity index (χ1v) is 6.51. The topological polar surface area (TPSA) is 57.5 Å². The lowest BCUT2D eigenvalue weighted by atomic mass is 9.72. The maximum Gasteiger partial charge on any atom is 0.337 e. The van der Waals surface area contributed by atoms with E-state index in [2.05, 4.69) is 20.8 Å². The minimum atomic E-state index is -1.48. The summed E-state index contributed by atoms with van der Waals surface area (Å²) < 4.78 is 0. The van der Waals surface area contributed by atoms with Gasteiger partial charge in [-0.15, -0.1) is 0 Å². The Balaban J connectivity index is 3.62. The van der Waals surface area contributed by atoms with E-state index < -0.39 is 12.1 Å². The van der Waals surface area contributed by atoms with Crippen molar-refractivity contribution >= 4 is 5.97 Å². The van der Waals surface area contributed by atoms with E-state index in [1.807, 2.05) is 32.9 Å². The summed E-state index contributed by atoms with van der Waals surface area (Å²) >= 11 is 0. The van der Waals surface area contributed by atoms with Gasteiger partial charge in [0, 0.05) is 0 Å². The molecule has 1 atom stereocenters. The van der Waals surface area contributed by atoms with Crippen molar-refractivity contribution in [3.63, 3.8) is 0 Å². The minimum absolute atomic E-state index is 0.100. The number of rotatable bonds is 2. The minimum Gasteiger partial charge on any atom is -0.479 e. The molecule has 19 heavy (non-hydrogen) atoms. The molecule has 0 aromatic heterocycles. The van der Waals surface area contributed by atoms with Crippen molar-refractivity contribution in [1.29, 1.82) is 0 Å². The smallest absolute Gasteiger partial charge is 0.337 e. The third kappa shape index (κ3) is 3.35.